The number of rotatable bonds is 2. The number of alkyl halides is 3. The minimum atomic E-state index is -4.87. The van der Waals surface area contributed by atoms with Crippen molar-refractivity contribution in [3.8, 4) is 0 Å². The van der Waals surface area contributed by atoms with Crippen molar-refractivity contribution in [3.05, 3.63) is 5.89 Å². The monoisotopic (exact) mass is 211 g/mol. The maximum atomic E-state index is 12.4. The standard InChI is InChI=1S/C6H8F3N3O2/c1-2-5(13,6(7,8)9)3-11-12-4(10)14-3/h13H,2H2,1H3,(H2,10,12)/t5-/m0/s1. The molecule has 0 aromatic carbocycles. The first-order valence-electron chi connectivity index (χ1n) is 3.70. The fraction of sp³-hybridized carbons (Fsp3) is 0.667. The van der Waals surface area contributed by atoms with Crippen LogP contribution in [0.1, 0.15) is 19.2 Å². The highest BCUT2D eigenvalue weighted by Gasteiger charge is 2.57. The molecule has 1 atom stereocenters. The molecule has 0 fully saturated rings. The zero-order chi connectivity index (χ0) is 11.0. The summed E-state index contributed by atoms with van der Waals surface area (Å²) in [6.07, 6.45) is -5.50. The molecule has 0 saturated carbocycles. The minimum Gasteiger partial charge on any atom is -0.405 e. The van der Waals surface area contributed by atoms with Crippen LogP contribution in [0.25, 0.3) is 0 Å². The summed E-state index contributed by atoms with van der Waals surface area (Å²) in [5.41, 5.74) is 1.83. The number of hydrogen-bond donors (Lipinski definition) is 2. The van der Waals surface area contributed by atoms with Gasteiger partial charge < -0.3 is 15.3 Å². The first-order chi connectivity index (χ1) is 6.31. The van der Waals surface area contributed by atoms with Crippen LogP contribution < -0.4 is 5.73 Å². The molecule has 14 heavy (non-hydrogen) atoms. The van der Waals surface area contributed by atoms with Crippen molar-refractivity contribution in [3.63, 3.8) is 0 Å². The van der Waals surface area contributed by atoms with Crippen molar-refractivity contribution in [2.75, 3.05) is 5.73 Å². The Morgan fingerprint density at radius 3 is 2.29 bits per heavy atom. The second-order valence-electron chi connectivity index (χ2n) is 2.66. The molecule has 0 spiro atoms. The van der Waals surface area contributed by atoms with Gasteiger partial charge in [0.15, 0.2) is 0 Å². The largest absolute Gasteiger partial charge is 0.426 e. The van der Waals surface area contributed by atoms with Crippen LogP contribution in [0.5, 0.6) is 0 Å². The van der Waals surface area contributed by atoms with E-state index in [9.17, 15) is 18.3 Å². The summed E-state index contributed by atoms with van der Waals surface area (Å²) in [6.45, 7) is 1.15. The smallest absolute Gasteiger partial charge is 0.405 e. The maximum absolute atomic E-state index is 12.4. The molecule has 0 aliphatic heterocycles. The number of aromatic nitrogens is 2. The molecule has 5 nitrogen and oxygen atoms in total. The van der Waals surface area contributed by atoms with Gasteiger partial charge in [0.2, 0.25) is 5.60 Å². The number of anilines is 1. The van der Waals surface area contributed by atoms with Gasteiger partial charge in [-0.2, -0.15) is 13.2 Å². The molecule has 80 valence electrons. The van der Waals surface area contributed by atoms with Crippen molar-refractivity contribution in [1.29, 1.82) is 0 Å². The Bertz CT molecular complexity index is 324. The number of halogens is 3. The van der Waals surface area contributed by atoms with E-state index in [1.165, 1.54) is 0 Å². The number of nitrogens with two attached hydrogens (primary N) is 1. The molecule has 1 rings (SSSR count). The van der Waals surface area contributed by atoms with Gasteiger partial charge in [0.25, 0.3) is 5.89 Å². The molecule has 1 aromatic heterocycles. The maximum Gasteiger partial charge on any atom is 0.426 e. The molecule has 0 unspecified atom stereocenters. The first kappa shape index (κ1) is 10.8. The lowest BCUT2D eigenvalue weighted by Gasteiger charge is -2.24. The van der Waals surface area contributed by atoms with Gasteiger partial charge in [0, 0.05) is 0 Å². The molecule has 0 amide bonds. The molecule has 1 aromatic rings. The lowest BCUT2D eigenvalue weighted by Crippen LogP contribution is -2.42. The van der Waals surface area contributed by atoms with Gasteiger partial charge >= 0.3 is 12.2 Å². The van der Waals surface area contributed by atoms with Gasteiger partial charge in [0.05, 0.1) is 0 Å². The van der Waals surface area contributed by atoms with Crippen molar-refractivity contribution in [2.45, 2.75) is 25.1 Å². The van der Waals surface area contributed by atoms with Crippen LogP contribution in [-0.2, 0) is 5.60 Å². The van der Waals surface area contributed by atoms with E-state index in [0.717, 1.165) is 6.92 Å². The summed E-state index contributed by atoms with van der Waals surface area (Å²) in [5.74, 6) is -0.940. The Labute approximate surface area is 76.7 Å². The van der Waals surface area contributed by atoms with Crippen molar-refractivity contribution < 1.29 is 22.7 Å². The van der Waals surface area contributed by atoms with Crippen molar-refractivity contribution >= 4 is 6.01 Å². The van der Waals surface area contributed by atoms with Crippen LogP contribution in [0.4, 0.5) is 19.2 Å². The fourth-order valence-electron chi connectivity index (χ4n) is 0.875. The fourth-order valence-corrected chi connectivity index (χ4v) is 0.875. The van der Waals surface area contributed by atoms with E-state index in [4.69, 9.17) is 5.73 Å². The minimum absolute atomic E-state index is 0.517. The van der Waals surface area contributed by atoms with Gasteiger partial charge in [-0.05, 0) is 6.42 Å². The molecular formula is C6H8F3N3O2. The van der Waals surface area contributed by atoms with Crippen LogP contribution in [-0.4, -0.2) is 21.5 Å². The van der Waals surface area contributed by atoms with Crippen LogP contribution in [0.15, 0.2) is 4.42 Å². The highest BCUT2D eigenvalue weighted by Crippen LogP contribution is 2.40. The average Bonchev–Trinajstić information content (AvgIpc) is 2.48. The molecule has 0 aliphatic rings. The van der Waals surface area contributed by atoms with Crippen LogP contribution in [0.3, 0.4) is 0 Å². The highest BCUT2D eigenvalue weighted by molar-refractivity contribution is 5.10. The zero-order valence-electron chi connectivity index (χ0n) is 7.17. The SMILES string of the molecule is CC[C@](O)(c1nnc(N)o1)C(F)(F)F. The van der Waals surface area contributed by atoms with E-state index in [1.54, 1.807) is 0 Å². The lowest BCUT2D eigenvalue weighted by atomic mass is 10.0. The second kappa shape index (κ2) is 3.12. The van der Waals surface area contributed by atoms with Gasteiger partial charge in [-0.3, -0.25) is 0 Å². The van der Waals surface area contributed by atoms with Crippen LogP contribution >= 0.6 is 0 Å². The number of aliphatic hydroxyl groups is 1. The molecule has 0 aliphatic carbocycles. The summed E-state index contributed by atoms with van der Waals surface area (Å²) >= 11 is 0. The van der Waals surface area contributed by atoms with E-state index < -0.39 is 30.1 Å². The summed E-state index contributed by atoms with van der Waals surface area (Å²) in [4.78, 5) is 0. The van der Waals surface area contributed by atoms with E-state index in [-0.39, 0.29) is 0 Å². The Balaban J connectivity index is 3.14. The third-order valence-corrected chi connectivity index (χ3v) is 1.78. The number of nitrogens with zero attached hydrogens (tertiary/aromatic N) is 2. The van der Waals surface area contributed by atoms with E-state index in [2.05, 4.69) is 14.6 Å². The average molecular weight is 211 g/mol. The Morgan fingerprint density at radius 1 is 1.43 bits per heavy atom. The third-order valence-electron chi connectivity index (χ3n) is 1.78. The number of nitrogen functional groups attached to an aromatic ring is 1. The Kier molecular flexibility index (Phi) is 2.40. The lowest BCUT2D eigenvalue weighted by molar-refractivity contribution is -0.275. The molecule has 3 N–H and O–H groups in total. The quantitative estimate of drug-likeness (QED) is 0.756. The Hall–Kier alpha value is -1.31. The molecule has 0 bridgehead atoms. The molecular weight excluding hydrogens is 203 g/mol. The predicted octanol–water partition coefficient (Wildman–Crippen LogP) is 0.812. The Morgan fingerprint density at radius 2 is 2.00 bits per heavy atom. The first-order valence-corrected chi connectivity index (χ1v) is 3.70. The normalized spacial score (nSPS) is 16.6. The summed E-state index contributed by atoms with van der Waals surface area (Å²) in [6, 6.07) is -0.517. The molecule has 0 radical (unpaired) electrons. The summed E-state index contributed by atoms with van der Waals surface area (Å²) in [7, 11) is 0. The van der Waals surface area contributed by atoms with E-state index >= 15 is 0 Å². The zero-order valence-corrected chi connectivity index (χ0v) is 7.17. The van der Waals surface area contributed by atoms with Gasteiger partial charge in [-0.15, -0.1) is 5.10 Å². The molecule has 1 heterocycles. The van der Waals surface area contributed by atoms with Crippen molar-refractivity contribution in [2.24, 2.45) is 0 Å². The molecule has 0 saturated heterocycles. The second-order valence-corrected chi connectivity index (χ2v) is 2.66. The third kappa shape index (κ3) is 1.52. The van der Waals surface area contributed by atoms with Crippen molar-refractivity contribution in [1.82, 2.24) is 10.2 Å². The summed E-state index contributed by atoms with van der Waals surface area (Å²) in [5, 5.41) is 15.3. The van der Waals surface area contributed by atoms with Gasteiger partial charge in [-0.25, -0.2) is 0 Å². The van der Waals surface area contributed by atoms with Gasteiger partial charge in [0.1, 0.15) is 0 Å². The van der Waals surface area contributed by atoms with Crippen LogP contribution in [0, 0.1) is 0 Å². The number of hydrogen-bond acceptors (Lipinski definition) is 5. The summed E-state index contributed by atoms with van der Waals surface area (Å²) < 4.78 is 41.5. The molecule has 8 heteroatoms. The van der Waals surface area contributed by atoms with Gasteiger partial charge in [-0.1, -0.05) is 12.0 Å². The van der Waals surface area contributed by atoms with E-state index in [1.807, 2.05) is 0 Å². The van der Waals surface area contributed by atoms with Crippen LogP contribution in [0.2, 0.25) is 0 Å². The van der Waals surface area contributed by atoms with E-state index in [0.29, 0.717) is 0 Å². The topological polar surface area (TPSA) is 85.2 Å². The predicted molar refractivity (Wildman–Crippen MR) is 39.0 cm³/mol. The highest BCUT2D eigenvalue weighted by atomic mass is 19.4.